The molecule has 0 saturated carbocycles. The van der Waals surface area contributed by atoms with Gasteiger partial charge in [0, 0.05) is 26.7 Å². The maximum Gasteiger partial charge on any atom is 0.240 e. The van der Waals surface area contributed by atoms with E-state index < -0.39 is 10.0 Å². The lowest BCUT2D eigenvalue weighted by Crippen LogP contribution is -2.41. The predicted octanol–water partition coefficient (Wildman–Crippen LogP) is 2.02. The van der Waals surface area contributed by atoms with Crippen LogP contribution in [-0.2, 0) is 10.0 Å². The van der Waals surface area contributed by atoms with Crippen LogP contribution < -0.4 is 15.4 Å². The van der Waals surface area contributed by atoms with Crippen LogP contribution in [0.25, 0.3) is 0 Å². The Morgan fingerprint density at radius 3 is 2.29 bits per heavy atom. The number of hydrogen-bond acceptors (Lipinski definition) is 3. The highest BCUT2D eigenvalue weighted by molar-refractivity contribution is 7.89. The fraction of sp³-hybridized carbons (Fsp3) is 0.588. The van der Waals surface area contributed by atoms with Gasteiger partial charge in [0.25, 0.3) is 0 Å². The Morgan fingerprint density at radius 2 is 1.67 bits per heavy atom. The Bertz CT molecular complexity index is 598. The molecule has 0 saturated heterocycles. The molecule has 0 heterocycles. The van der Waals surface area contributed by atoms with Gasteiger partial charge in [-0.2, -0.15) is 0 Å². The fourth-order valence-electron chi connectivity index (χ4n) is 2.15. The van der Waals surface area contributed by atoms with Gasteiger partial charge in [0.2, 0.25) is 10.0 Å². The number of unbranched alkanes of at least 4 members (excludes halogenated alkanes) is 3. The lowest BCUT2D eigenvalue weighted by atomic mass is 10.2. The number of nitrogens with zero attached hydrogens (tertiary/aromatic N) is 1. The summed E-state index contributed by atoms with van der Waals surface area (Å²) >= 11 is 0. The molecule has 0 unspecified atom stereocenters. The van der Waals surface area contributed by atoms with E-state index in [0.717, 1.165) is 18.5 Å². The summed E-state index contributed by atoms with van der Waals surface area (Å²) < 4.78 is 26.9. The maximum atomic E-state index is 12.1. The Hall–Kier alpha value is -1.60. The van der Waals surface area contributed by atoms with Crippen LogP contribution in [-0.4, -0.2) is 41.1 Å². The number of aryl methyl sites for hydroxylation is 1. The van der Waals surface area contributed by atoms with E-state index in [1.165, 1.54) is 19.3 Å². The highest BCUT2D eigenvalue weighted by Gasteiger charge is 2.12. The molecule has 0 aromatic heterocycles. The molecule has 1 aromatic carbocycles. The first kappa shape index (κ1) is 20.4. The quantitative estimate of drug-likeness (QED) is 0.341. The molecular formula is C17H30N4O2S. The lowest BCUT2D eigenvalue weighted by molar-refractivity contribution is 0.580. The van der Waals surface area contributed by atoms with Crippen molar-refractivity contribution in [3.63, 3.8) is 0 Å². The monoisotopic (exact) mass is 354 g/mol. The topological polar surface area (TPSA) is 82.6 Å². The number of aliphatic imine (C=N–C) groups is 1. The van der Waals surface area contributed by atoms with Gasteiger partial charge < -0.3 is 10.6 Å². The second-order valence-corrected chi connectivity index (χ2v) is 7.46. The predicted molar refractivity (Wildman–Crippen MR) is 99.9 cm³/mol. The van der Waals surface area contributed by atoms with Gasteiger partial charge in [-0.25, -0.2) is 13.1 Å². The highest BCUT2D eigenvalue weighted by atomic mass is 32.2. The van der Waals surface area contributed by atoms with E-state index in [-0.39, 0.29) is 4.90 Å². The molecular weight excluding hydrogens is 324 g/mol. The van der Waals surface area contributed by atoms with E-state index in [1.807, 2.05) is 6.92 Å². The molecule has 0 bridgehead atoms. The van der Waals surface area contributed by atoms with Crippen LogP contribution in [0.2, 0.25) is 0 Å². The molecule has 0 aliphatic rings. The highest BCUT2D eigenvalue weighted by Crippen LogP contribution is 2.09. The number of hydrogen-bond donors (Lipinski definition) is 3. The van der Waals surface area contributed by atoms with Crippen molar-refractivity contribution in [2.45, 2.75) is 44.4 Å². The lowest BCUT2D eigenvalue weighted by Gasteiger charge is -2.12. The van der Waals surface area contributed by atoms with Crippen molar-refractivity contribution in [1.29, 1.82) is 0 Å². The molecule has 0 spiro atoms. The van der Waals surface area contributed by atoms with Gasteiger partial charge in [-0.05, 0) is 25.5 Å². The first-order valence-electron chi connectivity index (χ1n) is 8.50. The van der Waals surface area contributed by atoms with E-state index >= 15 is 0 Å². The Balaban J connectivity index is 2.29. The molecule has 1 aromatic rings. The van der Waals surface area contributed by atoms with Crippen molar-refractivity contribution in [2.75, 3.05) is 26.7 Å². The summed E-state index contributed by atoms with van der Waals surface area (Å²) in [5, 5.41) is 6.33. The van der Waals surface area contributed by atoms with Gasteiger partial charge >= 0.3 is 0 Å². The van der Waals surface area contributed by atoms with Crippen LogP contribution in [0.4, 0.5) is 0 Å². The molecule has 24 heavy (non-hydrogen) atoms. The van der Waals surface area contributed by atoms with Crippen LogP contribution in [0.1, 0.15) is 38.2 Å². The summed E-state index contributed by atoms with van der Waals surface area (Å²) in [4.78, 5) is 4.41. The number of rotatable bonds is 10. The molecule has 1 rings (SSSR count). The second-order valence-electron chi connectivity index (χ2n) is 5.70. The SMILES string of the molecule is CCCCCCNC(=NC)NCCNS(=O)(=O)c1ccc(C)cc1. The van der Waals surface area contributed by atoms with Crippen molar-refractivity contribution in [2.24, 2.45) is 4.99 Å². The number of benzene rings is 1. The minimum atomic E-state index is -3.46. The normalized spacial score (nSPS) is 12.2. The minimum Gasteiger partial charge on any atom is -0.356 e. The van der Waals surface area contributed by atoms with Crippen LogP contribution in [0, 0.1) is 6.92 Å². The van der Waals surface area contributed by atoms with E-state index in [1.54, 1.807) is 31.3 Å². The third-order valence-electron chi connectivity index (χ3n) is 3.59. The van der Waals surface area contributed by atoms with Gasteiger partial charge in [-0.15, -0.1) is 0 Å². The van der Waals surface area contributed by atoms with Gasteiger partial charge in [-0.3, -0.25) is 4.99 Å². The third kappa shape index (κ3) is 7.79. The zero-order chi connectivity index (χ0) is 17.8. The van der Waals surface area contributed by atoms with Crippen molar-refractivity contribution in [3.05, 3.63) is 29.8 Å². The zero-order valence-corrected chi connectivity index (χ0v) is 15.7. The third-order valence-corrected chi connectivity index (χ3v) is 5.06. The Labute approximate surface area is 146 Å². The molecule has 3 N–H and O–H groups in total. The summed E-state index contributed by atoms with van der Waals surface area (Å²) in [7, 11) is -1.75. The van der Waals surface area contributed by atoms with E-state index in [2.05, 4.69) is 27.3 Å². The molecule has 0 amide bonds. The number of nitrogens with one attached hydrogen (secondary N) is 3. The molecule has 136 valence electrons. The fourth-order valence-corrected chi connectivity index (χ4v) is 3.18. The van der Waals surface area contributed by atoms with Crippen LogP contribution in [0.5, 0.6) is 0 Å². The Kier molecular flexibility index (Phi) is 9.41. The van der Waals surface area contributed by atoms with Crippen LogP contribution >= 0.6 is 0 Å². The maximum absolute atomic E-state index is 12.1. The smallest absolute Gasteiger partial charge is 0.240 e. The van der Waals surface area contributed by atoms with Crippen LogP contribution in [0.3, 0.4) is 0 Å². The van der Waals surface area contributed by atoms with Crippen molar-refractivity contribution < 1.29 is 8.42 Å². The standard InChI is InChI=1S/C17H30N4O2S/c1-4-5-6-7-12-19-17(18-3)20-13-14-21-24(22,23)16-10-8-15(2)9-11-16/h8-11,21H,4-7,12-14H2,1-3H3,(H2,18,19,20). The second kappa shape index (κ2) is 11.0. The van der Waals surface area contributed by atoms with Crippen molar-refractivity contribution in [1.82, 2.24) is 15.4 Å². The Morgan fingerprint density at radius 1 is 1.00 bits per heavy atom. The largest absolute Gasteiger partial charge is 0.356 e. The van der Waals surface area contributed by atoms with E-state index in [0.29, 0.717) is 19.0 Å². The zero-order valence-electron chi connectivity index (χ0n) is 14.9. The number of sulfonamides is 1. The van der Waals surface area contributed by atoms with Gasteiger partial charge in [0.05, 0.1) is 4.90 Å². The molecule has 0 radical (unpaired) electrons. The van der Waals surface area contributed by atoms with Crippen molar-refractivity contribution in [3.8, 4) is 0 Å². The number of guanidine groups is 1. The summed E-state index contributed by atoms with van der Waals surface area (Å²) in [6, 6.07) is 6.80. The average molecular weight is 355 g/mol. The van der Waals surface area contributed by atoms with E-state index in [9.17, 15) is 8.42 Å². The summed E-state index contributed by atoms with van der Waals surface area (Å²) in [6.07, 6.45) is 4.77. The minimum absolute atomic E-state index is 0.284. The first-order chi connectivity index (χ1) is 11.5. The van der Waals surface area contributed by atoms with E-state index in [4.69, 9.17) is 0 Å². The summed E-state index contributed by atoms with van der Waals surface area (Å²) in [5.41, 5.74) is 1.03. The molecule has 0 fully saturated rings. The van der Waals surface area contributed by atoms with Crippen LogP contribution in [0.15, 0.2) is 34.2 Å². The first-order valence-corrected chi connectivity index (χ1v) is 9.98. The summed E-state index contributed by atoms with van der Waals surface area (Å²) in [5.74, 6) is 0.695. The van der Waals surface area contributed by atoms with Gasteiger partial charge in [0.15, 0.2) is 5.96 Å². The molecule has 0 atom stereocenters. The summed E-state index contributed by atoms with van der Waals surface area (Å²) in [6.45, 7) is 5.75. The van der Waals surface area contributed by atoms with Gasteiger partial charge in [0.1, 0.15) is 0 Å². The molecule has 0 aliphatic carbocycles. The molecule has 7 heteroatoms. The molecule has 0 aliphatic heterocycles. The van der Waals surface area contributed by atoms with Gasteiger partial charge in [-0.1, -0.05) is 43.9 Å². The average Bonchev–Trinajstić information content (AvgIpc) is 2.57. The molecule has 6 nitrogen and oxygen atoms in total. The van der Waals surface area contributed by atoms with Crippen molar-refractivity contribution >= 4 is 16.0 Å².